The fourth-order valence-electron chi connectivity index (χ4n) is 2.64. The number of sulfonamides is 1. The van der Waals surface area contributed by atoms with Crippen LogP contribution in [0, 0.1) is 11.6 Å². The maximum absolute atomic E-state index is 13.5. The molecule has 1 N–H and O–H groups in total. The molecule has 0 fully saturated rings. The molecule has 0 aliphatic rings. The lowest BCUT2D eigenvalue weighted by molar-refractivity contribution is -0.114. The zero-order valence-corrected chi connectivity index (χ0v) is 15.1. The first-order valence-corrected chi connectivity index (χ1v) is 9.80. The quantitative estimate of drug-likeness (QED) is 0.725. The minimum atomic E-state index is -3.89. The van der Waals surface area contributed by atoms with Crippen LogP contribution in [0.15, 0.2) is 60.7 Å². The van der Waals surface area contributed by atoms with Gasteiger partial charge in [-0.1, -0.05) is 30.3 Å². The van der Waals surface area contributed by atoms with Crippen LogP contribution in [0.1, 0.15) is 0 Å². The second-order valence-corrected chi connectivity index (χ2v) is 7.88. The summed E-state index contributed by atoms with van der Waals surface area (Å²) in [6, 6.07) is 15.5. The van der Waals surface area contributed by atoms with Gasteiger partial charge in [-0.2, -0.15) is 0 Å². The van der Waals surface area contributed by atoms with Gasteiger partial charge in [0, 0.05) is 11.8 Å². The molecule has 0 atom stereocenters. The van der Waals surface area contributed by atoms with E-state index < -0.39 is 34.1 Å². The SMILES string of the molecule is CS(=O)(=O)N(CC(=O)Nc1ccc2ccccc2c1)c1ccc(F)c(F)c1. The Bertz CT molecular complexity index is 1120. The van der Waals surface area contributed by atoms with Gasteiger partial charge in [-0.25, -0.2) is 17.2 Å². The number of hydrogen-bond donors (Lipinski definition) is 1. The molecule has 1 amide bonds. The van der Waals surface area contributed by atoms with Crippen molar-refractivity contribution in [3.8, 4) is 0 Å². The molecule has 8 heteroatoms. The van der Waals surface area contributed by atoms with Crippen molar-refractivity contribution in [3.63, 3.8) is 0 Å². The molecule has 0 saturated heterocycles. The first-order chi connectivity index (χ1) is 12.7. The second-order valence-electron chi connectivity index (χ2n) is 5.98. The highest BCUT2D eigenvalue weighted by atomic mass is 32.2. The zero-order valence-electron chi connectivity index (χ0n) is 14.3. The lowest BCUT2D eigenvalue weighted by atomic mass is 10.1. The fraction of sp³-hybridized carbons (Fsp3) is 0.105. The molecule has 3 aromatic carbocycles. The highest BCUT2D eigenvalue weighted by Crippen LogP contribution is 2.22. The monoisotopic (exact) mass is 390 g/mol. The molecule has 140 valence electrons. The molecular weight excluding hydrogens is 374 g/mol. The Morgan fingerprint density at radius 1 is 0.963 bits per heavy atom. The third-order valence-electron chi connectivity index (χ3n) is 3.91. The minimum Gasteiger partial charge on any atom is -0.324 e. The zero-order chi connectivity index (χ0) is 19.6. The lowest BCUT2D eigenvalue weighted by Crippen LogP contribution is -2.37. The summed E-state index contributed by atoms with van der Waals surface area (Å²) in [5, 5.41) is 4.53. The Hall–Kier alpha value is -3.00. The summed E-state index contributed by atoms with van der Waals surface area (Å²) in [4.78, 5) is 12.3. The summed E-state index contributed by atoms with van der Waals surface area (Å²) in [6.45, 7) is -0.573. The van der Waals surface area contributed by atoms with E-state index in [1.165, 1.54) is 0 Å². The molecule has 5 nitrogen and oxygen atoms in total. The van der Waals surface area contributed by atoms with Gasteiger partial charge in [0.25, 0.3) is 0 Å². The number of amides is 1. The molecule has 0 radical (unpaired) electrons. The third-order valence-corrected chi connectivity index (χ3v) is 5.05. The van der Waals surface area contributed by atoms with Gasteiger partial charge < -0.3 is 5.32 Å². The van der Waals surface area contributed by atoms with Crippen LogP contribution in [-0.4, -0.2) is 27.1 Å². The molecule has 0 unspecified atom stereocenters. The highest BCUT2D eigenvalue weighted by Gasteiger charge is 2.22. The van der Waals surface area contributed by atoms with Crippen LogP contribution in [-0.2, 0) is 14.8 Å². The Kier molecular flexibility index (Phi) is 5.09. The topological polar surface area (TPSA) is 66.5 Å². The largest absolute Gasteiger partial charge is 0.324 e. The van der Waals surface area contributed by atoms with E-state index in [0.29, 0.717) is 9.99 Å². The Morgan fingerprint density at radius 3 is 2.33 bits per heavy atom. The van der Waals surface area contributed by atoms with E-state index in [0.717, 1.165) is 35.2 Å². The van der Waals surface area contributed by atoms with Gasteiger partial charge in [0.15, 0.2) is 11.6 Å². The first kappa shape index (κ1) is 18.8. The van der Waals surface area contributed by atoms with Gasteiger partial charge in [0.05, 0.1) is 11.9 Å². The molecule has 0 heterocycles. The summed E-state index contributed by atoms with van der Waals surface area (Å²) in [5.41, 5.74) is 0.363. The predicted octanol–water partition coefficient (Wildman–Crippen LogP) is 3.52. The number of nitrogens with one attached hydrogen (secondary N) is 1. The van der Waals surface area contributed by atoms with E-state index in [1.54, 1.807) is 12.1 Å². The molecule has 0 aromatic heterocycles. The van der Waals surface area contributed by atoms with Gasteiger partial charge in [0.1, 0.15) is 6.54 Å². The van der Waals surface area contributed by atoms with Crippen molar-refractivity contribution in [2.75, 3.05) is 22.4 Å². The van der Waals surface area contributed by atoms with Crippen LogP contribution in [0.2, 0.25) is 0 Å². The molecule has 0 aliphatic heterocycles. The molecule has 0 bridgehead atoms. The number of rotatable bonds is 5. The predicted molar refractivity (Wildman–Crippen MR) is 101 cm³/mol. The summed E-state index contributed by atoms with van der Waals surface area (Å²) < 4.78 is 51.3. The van der Waals surface area contributed by atoms with Crippen LogP contribution in [0.25, 0.3) is 10.8 Å². The number of carbonyl (C=O) groups is 1. The van der Waals surface area contributed by atoms with E-state index in [2.05, 4.69) is 5.32 Å². The standard InChI is InChI=1S/C19H16F2N2O3S/c1-27(25,26)23(16-8-9-17(20)18(21)11-16)12-19(24)22-15-7-6-13-4-2-3-5-14(13)10-15/h2-11H,12H2,1H3,(H,22,24). The van der Waals surface area contributed by atoms with Crippen molar-refractivity contribution in [3.05, 3.63) is 72.3 Å². The van der Waals surface area contributed by atoms with Gasteiger partial charge in [0.2, 0.25) is 15.9 Å². The smallest absolute Gasteiger partial charge is 0.245 e. The number of anilines is 2. The van der Waals surface area contributed by atoms with Crippen molar-refractivity contribution in [1.29, 1.82) is 0 Å². The first-order valence-electron chi connectivity index (χ1n) is 7.95. The van der Waals surface area contributed by atoms with Gasteiger partial charge in [-0.3, -0.25) is 9.10 Å². The maximum Gasteiger partial charge on any atom is 0.245 e. The minimum absolute atomic E-state index is 0.134. The fourth-order valence-corrected chi connectivity index (χ4v) is 3.49. The summed E-state index contributed by atoms with van der Waals surface area (Å²) in [7, 11) is -3.89. The van der Waals surface area contributed by atoms with Crippen LogP contribution in [0.3, 0.4) is 0 Å². The van der Waals surface area contributed by atoms with Crippen molar-refractivity contribution in [2.24, 2.45) is 0 Å². The molecule has 3 aromatic rings. The number of benzene rings is 3. The van der Waals surface area contributed by atoms with Crippen LogP contribution >= 0.6 is 0 Å². The van der Waals surface area contributed by atoms with E-state index in [9.17, 15) is 22.0 Å². The second kappa shape index (κ2) is 7.32. The van der Waals surface area contributed by atoms with Crippen LogP contribution in [0.4, 0.5) is 20.2 Å². The maximum atomic E-state index is 13.5. The molecular formula is C19H16F2N2O3S. The van der Waals surface area contributed by atoms with E-state index in [4.69, 9.17) is 0 Å². The average Bonchev–Trinajstić information content (AvgIpc) is 2.61. The average molecular weight is 390 g/mol. The van der Waals surface area contributed by atoms with E-state index in [-0.39, 0.29) is 5.69 Å². The normalized spacial score (nSPS) is 11.4. The molecule has 0 aliphatic carbocycles. The lowest BCUT2D eigenvalue weighted by Gasteiger charge is -2.22. The summed E-state index contributed by atoms with van der Waals surface area (Å²) in [5.74, 6) is -2.91. The molecule has 0 spiro atoms. The van der Waals surface area contributed by atoms with Crippen LogP contribution < -0.4 is 9.62 Å². The van der Waals surface area contributed by atoms with Crippen molar-refractivity contribution >= 4 is 38.1 Å². The number of hydrogen-bond acceptors (Lipinski definition) is 3. The Balaban J connectivity index is 1.82. The number of carbonyl (C=O) groups excluding carboxylic acids is 1. The van der Waals surface area contributed by atoms with Gasteiger partial charge in [-0.15, -0.1) is 0 Å². The van der Waals surface area contributed by atoms with Gasteiger partial charge >= 0.3 is 0 Å². The summed E-state index contributed by atoms with van der Waals surface area (Å²) in [6.07, 6.45) is 0.886. The van der Waals surface area contributed by atoms with Gasteiger partial charge in [-0.05, 0) is 35.0 Å². The number of halogens is 2. The third kappa shape index (κ3) is 4.40. The molecule has 3 rings (SSSR count). The highest BCUT2D eigenvalue weighted by molar-refractivity contribution is 7.92. The van der Waals surface area contributed by atoms with E-state index in [1.807, 2.05) is 30.3 Å². The Labute approximate surface area is 155 Å². The number of fused-ring (bicyclic) bond motifs is 1. The van der Waals surface area contributed by atoms with Crippen LogP contribution in [0.5, 0.6) is 0 Å². The van der Waals surface area contributed by atoms with Crippen molar-refractivity contribution in [1.82, 2.24) is 0 Å². The summed E-state index contributed by atoms with van der Waals surface area (Å²) >= 11 is 0. The molecule has 0 saturated carbocycles. The van der Waals surface area contributed by atoms with Crippen molar-refractivity contribution in [2.45, 2.75) is 0 Å². The number of nitrogens with zero attached hydrogens (tertiary/aromatic N) is 1. The Morgan fingerprint density at radius 2 is 1.67 bits per heavy atom. The van der Waals surface area contributed by atoms with E-state index >= 15 is 0 Å². The van der Waals surface area contributed by atoms with Crippen molar-refractivity contribution < 1.29 is 22.0 Å². The molecule has 27 heavy (non-hydrogen) atoms.